The zero-order valence-electron chi connectivity index (χ0n) is 9.47. The second-order valence-electron chi connectivity index (χ2n) is 3.93. The van der Waals surface area contributed by atoms with Gasteiger partial charge in [-0.25, -0.2) is 13.6 Å². The molecule has 4 nitrogen and oxygen atoms in total. The predicted molar refractivity (Wildman–Crippen MR) is 70.7 cm³/mol. The van der Waals surface area contributed by atoms with Gasteiger partial charge in [-0.1, -0.05) is 18.2 Å². The fourth-order valence-electron chi connectivity index (χ4n) is 1.64. The zero-order chi connectivity index (χ0) is 12.5. The molecule has 0 unspecified atom stereocenters. The van der Waals surface area contributed by atoms with E-state index >= 15 is 0 Å². The lowest BCUT2D eigenvalue weighted by Crippen LogP contribution is -2.12. The van der Waals surface area contributed by atoms with Gasteiger partial charge in [-0.05, 0) is 36.3 Å². The van der Waals surface area contributed by atoms with Crippen LogP contribution in [-0.4, -0.2) is 15.0 Å². The maximum atomic E-state index is 11.1. The average Bonchev–Trinajstić information content (AvgIpc) is 2.27. The maximum Gasteiger partial charge on any atom is 0.233 e. The van der Waals surface area contributed by atoms with E-state index in [9.17, 15) is 8.42 Å². The van der Waals surface area contributed by atoms with Crippen molar-refractivity contribution in [3.8, 4) is 0 Å². The number of hydrogen-bond acceptors (Lipinski definition) is 3. The van der Waals surface area contributed by atoms with Crippen LogP contribution in [0.5, 0.6) is 0 Å². The summed E-state index contributed by atoms with van der Waals surface area (Å²) in [5.74, 6) is 0. The van der Waals surface area contributed by atoms with Gasteiger partial charge in [0.25, 0.3) is 0 Å². The minimum absolute atomic E-state index is 0.158. The number of hydrogen-bond donors (Lipinski definition) is 2. The van der Waals surface area contributed by atoms with Crippen molar-refractivity contribution in [3.63, 3.8) is 0 Å². The Labute approximate surface area is 101 Å². The standard InChI is InChI=1S/C12H14N2O2S/c1-9(17(13,15)16)7-10-4-5-12-11(8-10)3-2-6-14-12/h2-5,7-8,14H,6H2,1H3,(H2,13,15,16). The van der Waals surface area contributed by atoms with Crippen LogP contribution < -0.4 is 10.5 Å². The minimum atomic E-state index is -3.59. The Hall–Kier alpha value is -1.59. The molecule has 0 amide bonds. The maximum absolute atomic E-state index is 11.1. The SMILES string of the molecule is CC(=Cc1ccc2c(c1)C=CCN2)S(N)(=O)=O. The summed E-state index contributed by atoms with van der Waals surface area (Å²) in [4.78, 5) is 0.158. The quantitative estimate of drug-likeness (QED) is 0.840. The lowest BCUT2D eigenvalue weighted by Gasteiger charge is -2.13. The molecule has 1 aliphatic heterocycles. The van der Waals surface area contributed by atoms with Gasteiger partial charge in [0.15, 0.2) is 0 Å². The van der Waals surface area contributed by atoms with Crippen LogP contribution in [0.4, 0.5) is 5.69 Å². The molecule has 0 spiro atoms. The molecule has 0 bridgehead atoms. The molecule has 0 saturated carbocycles. The first-order chi connectivity index (χ1) is 7.97. The summed E-state index contributed by atoms with van der Waals surface area (Å²) in [5, 5.41) is 8.27. The van der Waals surface area contributed by atoms with E-state index in [2.05, 4.69) is 5.32 Å². The van der Waals surface area contributed by atoms with Gasteiger partial charge in [0.2, 0.25) is 10.0 Å². The molecular formula is C12H14N2O2S. The molecular weight excluding hydrogens is 236 g/mol. The number of primary sulfonamides is 1. The summed E-state index contributed by atoms with van der Waals surface area (Å²) in [6.07, 6.45) is 5.59. The van der Waals surface area contributed by atoms with Crippen LogP contribution >= 0.6 is 0 Å². The molecule has 0 radical (unpaired) electrons. The first kappa shape index (κ1) is 11.9. The van der Waals surface area contributed by atoms with Crippen molar-refractivity contribution in [3.05, 3.63) is 40.3 Å². The van der Waals surface area contributed by atoms with E-state index in [-0.39, 0.29) is 4.91 Å². The fourth-order valence-corrected chi connectivity index (χ4v) is 1.94. The molecule has 0 fully saturated rings. The van der Waals surface area contributed by atoms with Gasteiger partial charge < -0.3 is 5.32 Å². The Balaban J connectivity index is 2.40. The van der Waals surface area contributed by atoms with E-state index in [1.54, 1.807) is 6.08 Å². The number of anilines is 1. The number of nitrogens with one attached hydrogen (secondary N) is 1. The van der Waals surface area contributed by atoms with E-state index in [0.29, 0.717) is 0 Å². The molecule has 90 valence electrons. The summed E-state index contributed by atoms with van der Waals surface area (Å²) >= 11 is 0. The molecule has 1 aromatic carbocycles. The van der Waals surface area contributed by atoms with Crippen LogP contribution in [0.2, 0.25) is 0 Å². The molecule has 0 aliphatic carbocycles. The first-order valence-corrected chi connectivity index (χ1v) is 6.77. The second kappa shape index (κ2) is 4.35. The van der Waals surface area contributed by atoms with Gasteiger partial charge in [-0.2, -0.15) is 0 Å². The fraction of sp³-hybridized carbons (Fsp3) is 0.167. The topological polar surface area (TPSA) is 72.2 Å². The summed E-state index contributed by atoms with van der Waals surface area (Å²) in [5.41, 5.74) is 2.92. The third-order valence-corrected chi connectivity index (χ3v) is 3.62. The number of rotatable bonds is 2. The molecule has 1 aliphatic rings. The lowest BCUT2D eigenvalue weighted by atomic mass is 10.1. The average molecular weight is 250 g/mol. The second-order valence-corrected chi connectivity index (χ2v) is 5.66. The number of nitrogens with two attached hydrogens (primary N) is 1. The number of sulfonamides is 1. The highest BCUT2D eigenvalue weighted by Crippen LogP contribution is 2.23. The molecule has 17 heavy (non-hydrogen) atoms. The van der Waals surface area contributed by atoms with Crippen LogP contribution in [0, 0.1) is 0 Å². The normalized spacial score (nSPS) is 15.3. The van der Waals surface area contributed by atoms with Crippen molar-refractivity contribution >= 4 is 27.9 Å². The number of benzene rings is 1. The van der Waals surface area contributed by atoms with Gasteiger partial charge in [0.05, 0.1) is 4.91 Å². The van der Waals surface area contributed by atoms with E-state index in [1.165, 1.54) is 6.92 Å². The molecule has 0 atom stereocenters. The van der Waals surface area contributed by atoms with Gasteiger partial charge in [-0.3, -0.25) is 0 Å². The van der Waals surface area contributed by atoms with Crippen molar-refractivity contribution in [1.82, 2.24) is 0 Å². The van der Waals surface area contributed by atoms with Crippen molar-refractivity contribution in [2.75, 3.05) is 11.9 Å². The summed E-state index contributed by atoms with van der Waals surface area (Å²) in [7, 11) is -3.59. The van der Waals surface area contributed by atoms with Crippen molar-refractivity contribution in [2.45, 2.75) is 6.92 Å². The van der Waals surface area contributed by atoms with E-state index in [1.807, 2.05) is 30.4 Å². The third kappa shape index (κ3) is 2.75. The van der Waals surface area contributed by atoms with Crippen molar-refractivity contribution in [2.24, 2.45) is 5.14 Å². The highest BCUT2D eigenvalue weighted by molar-refractivity contribution is 7.93. The third-order valence-electron chi connectivity index (χ3n) is 2.60. The first-order valence-electron chi connectivity index (χ1n) is 5.22. The Morgan fingerprint density at radius 3 is 2.94 bits per heavy atom. The molecule has 1 heterocycles. The lowest BCUT2D eigenvalue weighted by molar-refractivity contribution is 0.604. The Bertz CT molecular complexity index is 601. The smallest absolute Gasteiger partial charge is 0.233 e. The van der Waals surface area contributed by atoms with Gasteiger partial charge in [0, 0.05) is 12.2 Å². The Kier molecular flexibility index (Phi) is 3.04. The van der Waals surface area contributed by atoms with E-state index in [4.69, 9.17) is 5.14 Å². The van der Waals surface area contributed by atoms with Crippen molar-refractivity contribution in [1.29, 1.82) is 0 Å². The van der Waals surface area contributed by atoms with Gasteiger partial charge >= 0.3 is 0 Å². The number of fused-ring (bicyclic) bond motifs is 1. The molecule has 3 N–H and O–H groups in total. The summed E-state index contributed by atoms with van der Waals surface area (Å²) < 4.78 is 22.2. The Morgan fingerprint density at radius 2 is 2.24 bits per heavy atom. The van der Waals surface area contributed by atoms with Gasteiger partial charge in [0.1, 0.15) is 0 Å². The van der Waals surface area contributed by atoms with Crippen LogP contribution in [0.15, 0.2) is 29.2 Å². The van der Waals surface area contributed by atoms with Crippen LogP contribution in [-0.2, 0) is 10.0 Å². The molecule has 0 aromatic heterocycles. The molecule has 5 heteroatoms. The Morgan fingerprint density at radius 1 is 1.47 bits per heavy atom. The van der Waals surface area contributed by atoms with Crippen LogP contribution in [0.25, 0.3) is 12.2 Å². The minimum Gasteiger partial charge on any atom is -0.381 e. The zero-order valence-corrected chi connectivity index (χ0v) is 10.3. The van der Waals surface area contributed by atoms with Crippen LogP contribution in [0.1, 0.15) is 18.1 Å². The molecule has 0 saturated heterocycles. The van der Waals surface area contributed by atoms with E-state index in [0.717, 1.165) is 23.4 Å². The van der Waals surface area contributed by atoms with Gasteiger partial charge in [-0.15, -0.1) is 0 Å². The van der Waals surface area contributed by atoms with E-state index < -0.39 is 10.0 Å². The predicted octanol–water partition coefficient (Wildman–Crippen LogP) is 1.77. The molecule has 1 aromatic rings. The monoisotopic (exact) mass is 250 g/mol. The van der Waals surface area contributed by atoms with Crippen molar-refractivity contribution < 1.29 is 8.42 Å². The van der Waals surface area contributed by atoms with Crippen LogP contribution in [0.3, 0.4) is 0 Å². The number of allylic oxidation sites excluding steroid dienone is 1. The largest absolute Gasteiger partial charge is 0.381 e. The summed E-state index contributed by atoms with van der Waals surface area (Å²) in [6.45, 7) is 2.31. The molecule has 2 rings (SSSR count). The highest BCUT2D eigenvalue weighted by atomic mass is 32.2. The summed E-state index contributed by atoms with van der Waals surface area (Å²) in [6, 6.07) is 5.72. The highest BCUT2D eigenvalue weighted by Gasteiger charge is 2.07.